The van der Waals surface area contributed by atoms with E-state index in [2.05, 4.69) is 72.8 Å². The van der Waals surface area contributed by atoms with Gasteiger partial charge < -0.3 is 0 Å². The van der Waals surface area contributed by atoms with Crippen molar-refractivity contribution < 1.29 is 32.9 Å². The molecule has 133 heavy (non-hydrogen) atoms. The maximum Gasteiger partial charge on any atom is 0.0629 e. The van der Waals surface area contributed by atoms with Gasteiger partial charge in [-0.1, -0.05) is 448 Å². The minimum absolute atomic E-state index is 0.204. The highest BCUT2D eigenvalue weighted by Gasteiger charge is 2.25. The number of fused-ring (bicyclic) bond motifs is 20. The fourth-order valence-corrected chi connectivity index (χ4v) is 23.7. The van der Waals surface area contributed by atoms with E-state index in [1.54, 1.807) is 34.0 Å². The van der Waals surface area contributed by atoms with Gasteiger partial charge in [-0.15, -0.1) is 34.0 Å². The van der Waals surface area contributed by atoms with Crippen LogP contribution >= 0.6 is 34.0 Å². The maximum atomic E-state index is 9.43. The maximum absolute atomic E-state index is 9.43. The Morgan fingerprint density at radius 1 is 0.135 bits per heavy atom. The second kappa shape index (κ2) is 32.4. The molecule has 25 aromatic carbocycles. The van der Waals surface area contributed by atoms with E-state index in [1.807, 2.05) is 267 Å². The third-order valence-electron chi connectivity index (χ3n) is 25.9. The Bertz CT molecular complexity index is 10900. The zero-order valence-electron chi connectivity index (χ0n) is 94.6. The molecule has 3 heteroatoms. The molecule has 3 heterocycles. The van der Waals surface area contributed by atoms with E-state index < -0.39 is 72.5 Å². The van der Waals surface area contributed by atoms with Crippen molar-refractivity contribution in [2.24, 2.45) is 0 Å². The fourth-order valence-electron chi connectivity index (χ4n) is 20.0. The SMILES string of the molecule is [2H]c1c([2H])c([2H])c2c(-c3cc4ccccc4c4ccccc34)c3c([2H])c([2H])c([2H])c([2H])c3c(-c3ccc(-c4cccc5c4sc4ccccc45)cc3)c2c1[2H].[2H]c1c([2H])c([2H])c2c(-c3ccc4ccccc4c3)c3c([2H])c([2H])c([2H])c([2H])c3c(-c3cccc(-c4cccc5c4sc4ccccc45)c3)c2c1[2H].[2H]c1c([2H])c([2H])c2c(-c3cccc4ccccc34)c3c([2H])c([2H])c([2H])c([2H])c3c(-c3ccc(-c4cccc5c4sc4ccccc45)cc3)c2c1[2H]. The molecule has 0 saturated carbocycles. The van der Waals surface area contributed by atoms with Gasteiger partial charge in [0.25, 0.3) is 0 Å². The Morgan fingerprint density at radius 2 is 0.414 bits per heavy atom. The van der Waals surface area contributed by atoms with Crippen molar-refractivity contribution in [3.8, 4) is 100 Å². The molecule has 0 aliphatic carbocycles. The van der Waals surface area contributed by atoms with E-state index in [1.165, 1.54) is 41.0 Å². The van der Waals surface area contributed by atoms with E-state index in [0.29, 0.717) is 66.8 Å². The van der Waals surface area contributed by atoms with Gasteiger partial charge in [-0.3, -0.25) is 0 Å². The van der Waals surface area contributed by atoms with Crippen LogP contribution in [0.2, 0.25) is 0 Å². The number of rotatable bonds is 9. The monoisotopic (exact) mass is 1760 g/mol. The van der Waals surface area contributed by atoms with Crippen LogP contribution in [0.25, 0.3) is 268 Å². The summed E-state index contributed by atoms with van der Waals surface area (Å²) >= 11 is 5.17. The molecule has 0 spiro atoms. The van der Waals surface area contributed by atoms with Crippen molar-refractivity contribution in [1.29, 1.82) is 0 Å². The van der Waals surface area contributed by atoms with Crippen molar-refractivity contribution in [3.63, 3.8) is 0 Å². The molecular formula is C130H80S3. The number of thiophene rings is 3. The summed E-state index contributed by atoms with van der Waals surface area (Å²) in [5.41, 5.74) is 11.6. The predicted molar refractivity (Wildman–Crippen MR) is 582 cm³/mol. The van der Waals surface area contributed by atoms with Crippen molar-refractivity contribution in [3.05, 3.63) is 485 Å². The van der Waals surface area contributed by atoms with Gasteiger partial charge in [0.2, 0.25) is 0 Å². The van der Waals surface area contributed by atoms with Crippen LogP contribution in [0.1, 0.15) is 32.9 Å². The number of hydrogen-bond donors (Lipinski definition) is 0. The number of benzene rings is 25. The summed E-state index contributed by atoms with van der Waals surface area (Å²) in [5, 5.41) is 16.7. The molecule has 0 amide bonds. The predicted octanol–water partition coefficient (Wildman–Crippen LogP) is 38.7. The zero-order valence-corrected chi connectivity index (χ0v) is 73.0. The molecule has 28 rings (SSSR count). The van der Waals surface area contributed by atoms with E-state index in [9.17, 15) is 16.4 Å². The third kappa shape index (κ3) is 13.1. The summed E-state index contributed by atoms with van der Waals surface area (Å²) < 4.78 is 224. The Labute approximate surface area is 815 Å². The average Bonchev–Trinajstić information content (AvgIpc) is 1.47. The molecule has 0 nitrogen and oxygen atoms in total. The van der Waals surface area contributed by atoms with Gasteiger partial charge >= 0.3 is 0 Å². The molecule has 618 valence electrons. The third-order valence-corrected chi connectivity index (χ3v) is 29.6. The summed E-state index contributed by atoms with van der Waals surface area (Å²) in [6, 6.07) is 103. The summed E-state index contributed by atoms with van der Waals surface area (Å²) in [7, 11) is 0. The van der Waals surface area contributed by atoms with Gasteiger partial charge in [0.1, 0.15) is 0 Å². The normalized spacial score (nSPS) is 14.3. The van der Waals surface area contributed by atoms with E-state index in [4.69, 9.17) is 16.4 Å². The standard InChI is InChI=1S/C46H28S.2C42H26S/c1-2-13-32-31(12-1)28-42(35-15-4-3-14-34(32)35)45-39-19-7-5-17-37(39)44(38-18-6-8-20-40(38)45)30-26-24-29(25-27-30)33-21-11-22-41-36-16-9-10-23-43(36)47-46(33)41;1-2-13-30-27(11-1)12-9-20-33(30)41-36-17-5-3-15-34(36)40(35-16-4-6-18-37(35)41)29-25-23-28(24-26-29)31-19-10-21-38-32-14-7-8-22-39(32)43-42(31)38;1-2-12-28-25-31(24-23-27(28)11-1)41-36-18-5-3-16-34(36)40(35-17-4-6-19-37(35)41)30-14-9-13-29(26-30)32-20-10-21-38-33-15-7-8-22-39(33)43-42(32)38/h1-28H;2*1-26H/i5D,6D,7D,8D,17D,18D,19D,20D;3D,4D,5D,6D,15D,16D,17D,18D;3D,4D,5D,6D,16D,17D,18D,19D. The highest BCUT2D eigenvalue weighted by atomic mass is 32.1. The minimum atomic E-state index is -0.415. The van der Waals surface area contributed by atoms with Crippen molar-refractivity contribution in [1.82, 2.24) is 0 Å². The molecule has 0 unspecified atom stereocenters. The second-order valence-corrected chi connectivity index (χ2v) is 36.3. The smallest absolute Gasteiger partial charge is 0.0629 e. The zero-order chi connectivity index (χ0) is 108. The Balaban J connectivity index is 0.000000117. The molecule has 3 aromatic heterocycles. The molecule has 0 radical (unpaired) electrons. The lowest BCUT2D eigenvalue weighted by atomic mass is 9.83. The second-order valence-electron chi connectivity index (χ2n) is 33.1. The van der Waals surface area contributed by atoms with Crippen LogP contribution in [0.3, 0.4) is 0 Å². The molecule has 0 saturated heterocycles. The van der Waals surface area contributed by atoms with Crippen LogP contribution in [0, 0.1) is 0 Å². The lowest BCUT2D eigenvalue weighted by Crippen LogP contribution is -1.92. The summed E-state index contributed by atoms with van der Waals surface area (Å²) in [4.78, 5) is 0. The van der Waals surface area contributed by atoms with Crippen LogP contribution in [-0.2, 0) is 0 Å². The van der Waals surface area contributed by atoms with Crippen LogP contribution in [0.15, 0.2) is 485 Å². The number of hydrogen-bond acceptors (Lipinski definition) is 3. The Kier molecular flexibility index (Phi) is 13.9. The van der Waals surface area contributed by atoms with Crippen LogP contribution in [-0.4, -0.2) is 0 Å². The fraction of sp³-hybridized carbons (Fsp3) is 0. The van der Waals surface area contributed by atoms with E-state index in [0.717, 1.165) is 96.0 Å². The molecule has 0 atom stereocenters. The molecule has 0 aliphatic heterocycles. The van der Waals surface area contributed by atoms with Gasteiger partial charge in [-0.05, 0) is 244 Å². The molecule has 0 aliphatic rings. The first-order chi connectivity index (χ1) is 76.0. The van der Waals surface area contributed by atoms with Crippen LogP contribution in [0.5, 0.6) is 0 Å². The first kappa shape index (κ1) is 56.9. The molecule has 0 fully saturated rings. The molecular weight excluding hydrogens is 1660 g/mol. The lowest BCUT2D eigenvalue weighted by Gasteiger charge is -2.19. The largest absolute Gasteiger partial charge is 0.135 e. The Morgan fingerprint density at radius 3 is 0.857 bits per heavy atom. The highest BCUT2D eigenvalue weighted by molar-refractivity contribution is 7.27. The Hall–Kier alpha value is -16.2. The van der Waals surface area contributed by atoms with E-state index >= 15 is 0 Å². The quantitative estimate of drug-likeness (QED) is 0.0998. The van der Waals surface area contributed by atoms with Crippen LogP contribution in [0.4, 0.5) is 0 Å². The summed E-state index contributed by atoms with van der Waals surface area (Å²) in [6.45, 7) is 0. The van der Waals surface area contributed by atoms with Crippen LogP contribution < -0.4 is 0 Å². The molecule has 28 aromatic rings. The van der Waals surface area contributed by atoms with Gasteiger partial charge in [-0.2, -0.15) is 0 Å². The van der Waals surface area contributed by atoms with Crippen molar-refractivity contribution >= 4 is 202 Å². The van der Waals surface area contributed by atoms with Crippen molar-refractivity contribution in [2.45, 2.75) is 0 Å². The summed E-state index contributed by atoms with van der Waals surface area (Å²) in [5.74, 6) is 0. The van der Waals surface area contributed by atoms with Gasteiger partial charge in [-0.25, -0.2) is 0 Å². The minimum Gasteiger partial charge on any atom is -0.135 e. The van der Waals surface area contributed by atoms with Gasteiger partial charge in [0, 0.05) is 60.5 Å². The topological polar surface area (TPSA) is 0 Å². The van der Waals surface area contributed by atoms with E-state index in [-0.39, 0.29) is 137 Å². The van der Waals surface area contributed by atoms with Gasteiger partial charge in [0.15, 0.2) is 0 Å². The summed E-state index contributed by atoms with van der Waals surface area (Å²) in [6.07, 6.45) is 0. The molecule has 0 N–H and O–H groups in total. The highest BCUT2D eigenvalue weighted by Crippen LogP contribution is 2.53. The first-order valence-electron chi connectivity index (χ1n) is 55.8. The average molecular weight is 1760 g/mol. The lowest BCUT2D eigenvalue weighted by molar-refractivity contribution is 1.64. The first-order valence-corrected chi connectivity index (χ1v) is 46.2. The van der Waals surface area contributed by atoms with Gasteiger partial charge in [0.05, 0.1) is 32.9 Å². The molecule has 0 bridgehead atoms. The van der Waals surface area contributed by atoms with Crippen molar-refractivity contribution in [2.75, 3.05) is 0 Å².